The first kappa shape index (κ1) is 16.8. The Balaban J connectivity index is 1.85. The summed E-state index contributed by atoms with van der Waals surface area (Å²) < 4.78 is 0.168. The van der Waals surface area contributed by atoms with Crippen LogP contribution in [-0.2, 0) is 0 Å². The van der Waals surface area contributed by atoms with E-state index in [2.05, 4.69) is 9.97 Å². The number of carbonyl (C=O) groups excluding carboxylic acids is 1. The van der Waals surface area contributed by atoms with E-state index in [0.29, 0.717) is 5.56 Å². The van der Waals surface area contributed by atoms with Gasteiger partial charge >= 0.3 is 0 Å². The Morgan fingerprint density at radius 1 is 0.963 bits per heavy atom. The Kier molecular flexibility index (Phi) is 4.10. The molecular formula is C21H18N5O+. The van der Waals surface area contributed by atoms with Gasteiger partial charge in [0.15, 0.2) is 5.70 Å². The normalized spacial score (nSPS) is 18.7. The molecule has 0 saturated carbocycles. The van der Waals surface area contributed by atoms with Gasteiger partial charge in [-0.1, -0.05) is 11.2 Å². The maximum Gasteiger partial charge on any atom is 0.259 e. The summed E-state index contributed by atoms with van der Waals surface area (Å²) in [5, 5.41) is 4.94. The fourth-order valence-electron chi connectivity index (χ4n) is 3.13. The fourth-order valence-corrected chi connectivity index (χ4v) is 3.13. The molecule has 0 saturated heterocycles. The molecule has 3 aromatic rings. The number of nitrogens with zero attached hydrogens (tertiary/aromatic N) is 4. The predicted octanol–water partition coefficient (Wildman–Crippen LogP) is 2.97. The van der Waals surface area contributed by atoms with Gasteiger partial charge in [-0.2, -0.15) is 0 Å². The Morgan fingerprint density at radius 3 is 2.41 bits per heavy atom. The summed E-state index contributed by atoms with van der Waals surface area (Å²) in [7, 11) is 1.99. The lowest BCUT2D eigenvalue weighted by Crippen LogP contribution is -2.36. The van der Waals surface area contributed by atoms with Gasteiger partial charge in [-0.05, 0) is 42.5 Å². The lowest BCUT2D eigenvalue weighted by molar-refractivity contribution is 0.100. The van der Waals surface area contributed by atoms with Gasteiger partial charge in [0.25, 0.3) is 5.82 Å². The number of hydrogen-bond acceptors (Lipinski definition) is 4. The van der Waals surface area contributed by atoms with Crippen molar-refractivity contribution in [1.29, 1.82) is 0 Å². The molecule has 6 heteroatoms. The van der Waals surface area contributed by atoms with Crippen LogP contribution in [0, 0.1) is 0 Å². The number of benzene rings is 1. The highest BCUT2D eigenvalue weighted by molar-refractivity contribution is 6.15. The van der Waals surface area contributed by atoms with Crippen LogP contribution < -0.4 is 10.3 Å². The second-order valence-electron chi connectivity index (χ2n) is 6.35. The molecule has 0 spiro atoms. The average Bonchev–Trinajstić information content (AvgIpc) is 3.08. The third-order valence-electron chi connectivity index (χ3n) is 4.57. The summed E-state index contributed by atoms with van der Waals surface area (Å²) in [4.78, 5) is 20.1. The number of hydrogen-bond donors (Lipinski definition) is 1. The minimum absolute atomic E-state index is 0.168. The molecule has 1 aliphatic heterocycles. The molecule has 1 amide bonds. The summed E-state index contributed by atoms with van der Waals surface area (Å²) in [6.45, 7) is 0. The molecule has 27 heavy (non-hydrogen) atoms. The number of quaternary nitrogens is 1. The zero-order valence-electron chi connectivity index (χ0n) is 14.8. The van der Waals surface area contributed by atoms with Crippen LogP contribution in [0.3, 0.4) is 0 Å². The van der Waals surface area contributed by atoms with Crippen molar-refractivity contribution in [3.8, 4) is 0 Å². The van der Waals surface area contributed by atoms with Crippen LogP contribution in [0.5, 0.6) is 0 Å². The maximum atomic E-state index is 11.4. The highest BCUT2D eigenvalue weighted by atomic mass is 16.1. The van der Waals surface area contributed by atoms with Crippen LogP contribution in [0.2, 0.25) is 0 Å². The number of allylic oxidation sites excluding steroid dienone is 1. The largest absolute Gasteiger partial charge is 0.366 e. The summed E-state index contributed by atoms with van der Waals surface area (Å²) in [6.07, 6.45) is 7.31. The molecule has 1 aromatic carbocycles. The quantitative estimate of drug-likeness (QED) is 0.730. The number of aromatic nitrogens is 2. The molecule has 6 nitrogen and oxygen atoms in total. The highest BCUT2D eigenvalue weighted by Gasteiger charge is 2.39. The van der Waals surface area contributed by atoms with Crippen molar-refractivity contribution in [1.82, 2.24) is 14.6 Å². The first-order chi connectivity index (χ1) is 13.1. The van der Waals surface area contributed by atoms with Gasteiger partial charge in [-0.3, -0.25) is 9.78 Å². The summed E-state index contributed by atoms with van der Waals surface area (Å²) >= 11 is 0. The van der Waals surface area contributed by atoms with E-state index in [9.17, 15) is 4.79 Å². The van der Waals surface area contributed by atoms with E-state index in [1.165, 1.54) is 0 Å². The SMILES string of the molecule is C[N+]1(c2ccccn2)N=C(c2cccnc2)C=C1c1ccc(C(N)=O)cc1. The number of pyridine rings is 2. The van der Waals surface area contributed by atoms with E-state index in [-0.39, 0.29) is 4.59 Å². The highest BCUT2D eigenvalue weighted by Crippen LogP contribution is 2.36. The second-order valence-corrected chi connectivity index (χ2v) is 6.35. The molecule has 0 radical (unpaired) electrons. The zero-order valence-corrected chi connectivity index (χ0v) is 14.8. The van der Waals surface area contributed by atoms with Gasteiger partial charge < -0.3 is 5.73 Å². The molecule has 2 aromatic heterocycles. The van der Waals surface area contributed by atoms with Gasteiger partial charge in [0.2, 0.25) is 5.91 Å². The average molecular weight is 356 g/mol. The minimum atomic E-state index is -0.448. The Labute approximate surface area is 156 Å². The third-order valence-corrected chi connectivity index (χ3v) is 4.57. The summed E-state index contributed by atoms with van der Waals surface area (Å²) in [6, 6.07) is 16.8. The molecular weight excluding hydrogens is 338 g/mol. The topological polar surface area (TPSA) is 81.2 Å². The van der Waals surface area contributed by atoms with E-state index >= 15 is 0 Å². The minimum Gasteiger partial charge on any atom is -0.366 e. The number of rotatable bonds is 4. The first-order valence-corrected chi connectivity index (χ1v) is 8.49. The number of nitrogens with two attached hydrogens (primary N) is 1. The van der Waals surface area contributed by atoms with Gasteiger partial charge in [0.05, 0.1) is 0 Å². The molecule has 3 heterocycles. The van der Waals surface area contributed by atoms with Gasteiger partial charge in [-0.15, -0.1) is 4.59 Å². The molecule has 0 aliphatic carbocycles. The molecule has 4 rings (SSSR count). The van der Waals surface area contributed by atoms with Crippen LogP contribution in [0.1, 0.15) is 21.5 Å². The smallest absolute Gasteiger partial charge is 0.259 e. The van der Waals surface area contributed by atoms with Crippen LogP contribution >= 0.6 is 0 Å². The van der Waals surface area contributed by atoms with Crippen molar-refractivity contribution < 1.29 is 4.79 Å². The number of amides is 1. The summed E-state index contributed by atoms with van der Waals surface area (Å²) in [5.41, 5.74) is 9.48. The fraction of sp³-hybridized carbons (Fsp3) is 0.0476. The van der Waals surface area contributed by atoms with Crippen molar-refractivity contribution in [3.05, 3.63) is 96.0 Å². The Hall–Kier alpha value is -3.64. The van der Waals surface area contributed by atoms with E-state index in [0.717, 1.165) is 28.4 Å². The van der Waals surface area contributed by atoms with Crippen molar-refractivity contribution in [2.75, 3.05) is 7.05 Å². The van der Waals surface area contributed by atoms with E-state index in [4.69, 9.17) is 10.8 Å². The summed E-state index contributed by atoms with van der Waals surface area (Å²) in [5.74, 6) is 0.345. The third kappa shape index (κ3) is 3.02. The molecule has 1 unspecified atom stereocenters. The Morgan fingerprint density at radius 2 is 1.78 bits per heavy atom. The molecule has 0 bridgehead atoms. The Bertz CT molecular complexity index is 1040. The van der Waals surface area contributed by atoms with E-state index in [1.807, 2.05) is 55.6 Å². The van der Waals surface area contributed by atoms with Crippen LogP contribution in [0.4, 0.5) is 5.82 Å². The van der Waals surface area contributed by atoms with Crippen molar-refractivity contribution in [2.45, 2.75) is 0 Å². The van der Waals surface area contributed by atoms with Crippen LogP contribution in [-0.4, -0.2) is 28.6 Å². The lowest BCUT2D eigenvalue weighted by Gasteiger charge is -2.24. The van der Waals surface area contributed by atoms with Crippen LogP contribution in [0.25, 0.3) is 5.70 Å². The maximum absolute atomic E-state index is 11.4. The predicted molar refractivity (Wildman–Crippen MR) is 106 cm³/mol. The zero-order chi connectivity index (χ0) is 18.9. The van der Waals surface area contributed by atoms with Crippen molar-refractivity contribution in [3.63, 3.8) is 0 Å². The van der Waals surface area contributed by atoms with E-state index in [1.54, 1.807) is 30.7 Å². The van der Waals surface area contributed by atoms with Crippen molar-refractivity contribution in [2.24, 2.45) is 10.8 Å². The monoisotopic (exact) mass is 356 g/mol. The molecule has 132 valence electrons. The molecule has 0 fully saturated rings. The first-order valence-electron chi connectivity index (χ1n) is 8.49. The van der Waals surface area contributed by atoms with E-state index < -0.39 is 5.91 Å². The number of carbonyl (C=O) groups is 1. The van der Waals surface area contributed by atoms with Gasteiger partial charge in [0, 0.05) is 47.4 Å². The van der Waals surface area contributed by atoms with Crippen molar-refractivity contribution >= 4 is 23.1 Å². The number of primary amides is 1. The molecule has 1 aliphatic rings. The molecule has 2 N–H and O–H groups in total. The van der Waals surface area contributed by atoms with Gasteiger partial charge in [-0.25, -0.2) is 4.98 Å². The second kappa shape index (κ2) is 6.59. The standard InChI is InChI=1S/C21H17N5O/c1-26(20-6-2-3-12-24-20)19(15-7-9-16(10-8-15)21(22)27)13-18(25-26)17-5-4-11-23-14-17/h2-14H,1H3,(H-,22,27)/p+1. The molecule has 1 atom stereocenters. The lowest BCUT2D eigenvalue weighted by atomic mass is 10.1. The van der Waals surface area contributed by atoms with Gasteiger partial charge in [0.1, 0.15) is 12.8 Å². The van der Waals surface area contributed by atoms with Crippen LogP contribution in [0.15, 0.2) is 84.4 Å².